The molecule has 0 amide bonds. The molecule has 0 radical (unpaired) electrons. The molecule has 0 aliphatic rings. The summed E-state index contributed by atoms with van der Waals surface area (Å²) in [5, 5.41) is 3.24. The fourth-order valence-electron chi connectivity index (χ4n) is 1.03. The number of aromatic nitrogens is 2. The monoisotopic (exact) mass is 174 g/mol. The smallest absolute Gasteiger partial charge is 0.179 e. The van der Waals surface area contributed by atoms with E-state index in [2.05, 4.69) is 15.2 Å². The van der Waals surface area contributed by atoms with Crippen molar-refractivity contribution in [1.29, 1.82) is 0 Å². The zero-order valence-corrected chi connectivity index (χ0v) is 7.06. The molecule has 0 atom stereocenters. The van der Waals surface area contributed by atoms with Crippen molar-refractivity contribution >= 4 is 22.8 Å². The SMILES string of the molecule is C#CSc1nc2ccccc2[nH]1. The van der Waals surface area contributed by atoms with Crippen LogP contribution >= 0.6 is 11.8 Å². The summed E-state index contributed by atoms with van der Waals surface area (Å²) in [6.45, 7) is 0. The van der Waals surface area contributed by atoms with Crippen LogP contribution in [-0.2, 0) is 0 Å². The van der Waals surface area contributed by atoms with Crippen LogP contribution in [0.15, 0.2) is 29.4 Å². The average Bonchev–Trinajstić information content (AvgIpc) is 2.47. The number of terminal acetylenes is 1. The second-order valence-corrected chi connectivity index (χ2v) is 3.11. The van der Waals surface area contributed by atoms with E-state index in [-0.39, 0.29) is 0 Å². The van der Waals surface area contributed by atoms with Crippen molar-refractivity contribution in [2.45, 2.75) is 5.16 Å². The summed E-state index contributed by atoms with van der Waals surface area (Å²) in [7, 11) is 0. The zero-order valence-electron chi connectivity index (χ0n) is 6.24. The first-order chi connectivity index (χ1) is 5.90. The Morgan fingerprint density at radius 3 is 3.00 bits per heavy atom. The minimum atomic E-state index is 0.777. The molecule has 0 saturated carbocycles. The first kappa shape index (κ1) is 7.26. The molecule has 1 aromatic heterocycles. The zero-order chi connectivity index (χ0) is 8.39. The van der Waals surface area contributed by atoms with E-state index >= 15 is 0 Å². The van der Waals surface area contributed by atoms with Crippen LogP contribution in [0.3, 0.4) is 0 Å². The predicted octanol–water partition coefficient (Wildman–Crippen LogP) is 2.25. The summed E-state index contributed by atoms with van der Waals surface area (Å²) < 4.78 is 0. The topological polar surface area (TPSA) is 28.7 Å². The molecule has 0 bridgehead atoms. The Morgan fingerprint density at radius 1 is 1.42 bits per heavy atom. The lowest BCUT2D eigenvalue weighted by atomic mass is 10.3. The Labute approximate surface area is 74.4 Å². The Kier molecular flexibility index (Phi) is 1.77. The molecule has 2 aromatic rings. The summed E-state index contributed by atoms with van der Waals surface area (Å²) in [4.78, 5) is 7.37. The quantitative estimate of drug-likeness (QED) is 0.530. The van der Waals surface area contributed by atoms with E-state index < -0.39 is 0 Å². The number of imidazole rings is 1. The fraction of sp³-hybridized carbons (Fsp3) is 0. The maximum atomic E-state index is 5.14. The van der Waals surface area contributed by atoms with Gasteiger partial charge in [0.15, 0.2) is 5.16 Å². The Balaban J connectivity index is 2.56. The van der Waals surface area contributed by atoms with Gasteiger partial charge in [0.05, 0.1) is 11.0 Å². The lowest BCUT2D eigenvalue weighted by Gasteiger charge is -1.81. The van der Waals surface area contributed by atoms with E-state index in [0.717, 1.165) is 16.2 Å². The van der Waals surface area contributed by atoms with Crippen LogP contribution in [-0.4, -0.2) is 9.97 Å². The van der Waals surface area contributed by atoms with E-state index in [0.29, 0.717) is 0 Å². The minimum absolute atomic E-state index is 0.777. The number of benzene rings is 1. The molecule has 3 heteroatoms. The molecule has 58 valence electrons. The van der Waals surface area contributed by atoms with Gasteiger partial charge >= 0.3 is 0 Å². The highest BCUT2D eigenvalue weighted by atomic mass is 32.2. The van der Waals surface area contributed by atoms with Gasteiger partial charge in [-0.15, -0.1) is 6.42 Å². The molecule has 0 aliphatic heterocycles. The number of hydrogen-bond acceptors (Lipinski definition) is 2. The number of nitrogens with one attached hydrogen (secondary N) is 1. The van der Waals surface area contributed by atoms with Crippen LogP contribution < -0.4 is 0 Å². The molecule has 0 spiro atoms. The lowest BCUT2D eigenvalue weighted by Crippen LogP contribution is -1.67. The molecule has 1 heterocycles. The van der Waals surface area contributed by atoms with E-state index in [1.807, 2.05) is 24.3 Å². The molecule has 2 nitrogen and oxygen atoms in total. The molecule has 12 heavy (non-hydrogen) atoms. The first-order valence-corrected chi connectivity index (χ1v) is 4.29. The van der Waals surface area contributed by atoms with Crippen molar-refractivity contribution in [1.82, 2.24) is 9.97 Å². The predicted molar refractivity (Wildman–Crippen MR) is 50.8 cm³/mol. The molecule has 0 saturated heterocycles. The van der Waals surface area contributed by atoms with E-state index in [9.17, 15) is 0 Å². The molecule has 1 N–H and O–H groups in total. The van der Waals surface area contributed by atoms with Crippen molar-refractivity contribution in [3.63, 3.8) is 0 Å². The third-order valence-corrected chi connectivity index (χ3v) is 2.03. The Hall–Kier alpha value is -1.40. The van der Waals surface area contributed by atoms with Crippen LogP contribution in [0.2, 0.25) is 0 Å². The second kappa shape index (κ2) is 2.92. The highest BCUT2D eigenvalue weighted by molar-refractivity contribution is 8.03. The van der Waals surface area contributed by atoms with Crippen molar-refractivity contribution in [3.05, 3.63) is 24.3 Å². The van der Waals surface area contributed by atoms with E-state index in [4.69, 9.17) is 6.42 Å². The Morgan fingerprint density at radius 2 is 2.25 bits per heavy atom. The van der Waals surface area contributed by atoms with Gasteiger partial charge in [-0.3, -0.25) is 0 Å². The molecule has 2 rings (SSSR count). The highest BCUT2D eigenvalue weighted by Gasteiger charge is 1.99. The first-order valence-electron chi connectivity index (χ1n) is 3.47. The van der Waals surface area contributed by atoms with Crippen molar-refractivity contribution in [2.75, 3.05) is 0 Å². The fourth-order valence-corrected chi connectivity index (χ4v) is 1.45. The number of H-pyrrole nitrogens is 1. The number of thioether (sulfide) groups is 1. The summed E-state index contributed by atoms with van der Waals surface area (Å²) in [6.07, 6.45) is 5.14. The highest BCUT2D eigenvalue weighted by Crippen LogP contribution is 2.17. The summed E-state index contributed by atoms with van der Waals surface area (Å²) in [5.74, 6) is 0. The van der Waals surface area contributed by atoms with Crippen LogP contribution in [0.1, 0.15) is 0 Å². The summed E-state index contributed by atoms with van der Waals surface area (Å²) in [5.41, 5.74) is 1.98. The van der Waals surface area contributed by atoms with Gasteiger partial charge in [-0.05, 0) is 29.1 Å². The van der Waals surface area contributed by atoms with E-state index in [1.165, 1.54) is 11.8 Å². The van der Waals surface area contributed by atoms with Crippen LogP contribution in [0.5, 0.6) is 0 Å². The van der Waals surface area contributed by atoms with Crippen LogP contribution in [0.25, 0.3) is 11.0 Å². The molecular weight excluding hydrogens is 168 g/mol. The standard InChI is InChI=1S/C9H6N2S/c1-2-12-9-10-7-5-3-4-6-8(7)11-9/h1,3-6H,(H,10,11). The molecule has 0 fully saturated rings. The van der Waals surface area contributed by atoms with Gasteiger partial charge in [-0.25, -0.2) is 4.98 Å². The van der Waals surface area contributed by atoms with Crippen LogP contribution in [0.4, 0.5) is 0 Å². The maximum Gasteiger partial charge on any atom is 0.179 e. The molecular formula is C9H6N2S. The maximum absolute atomic E-state index is 5.14. The largest absolute Gasteiger partial charge is 0.332 e. The Bertz CT molecular complexity index is 406. The molecule has 1 aromatic carbocycles. The van der Waals surface area contributed by atoms with Gasteiger partial charge in [0, 0.05) is 0 Å². The van der Waals surface area contributed by atoms with Crippen molar-refractivity contribution < 1.29 is 0 Å². The second-order valence-electron chi connectivity index (χ2n) is 2.28. The van der Waals surface area contributed by atoms with Crippen LogP contribution in [0, 0.1) is 11.7 Å². The summed E-state index contributed by atoms with van der Waals surface area (Å²) >= 11 is 1.26. The van der Waals surface area contributed by atoms with Gasteiger partial charge in [-0.1, -0.05) is 12.1 Å². The number of nitrogens with zero attached hydrogens (tertiary/aromatic N) is 1. The van der Waals surface area contributed by atoms with Gasteiger partial charge in [-0.2, -0.15) is 0 Å². The molecule has 0 aliphatic carbocycles. The number of fused-ring (bicyclic) bond motifs is 1. The number of hydrogen-bond donors (Lipinski definition) is 1. The molecule has 0 unspecified atom stereocenters. The number of aromatic amines is 1. The minimum Gasteiger partial charge on any atom is -0.332 e. The average molecular weight is 174 g/mol. The normalized spacial score (nSPS) is 9.92. The van der Waals surface area contributed by atoms with Gasteiger partial charge < -0.3 is 4.98 Å². The van der Waals surface area contributed by atoms with E-state index in [1.54, 1.807) is 0 Å². The van der Waals surface area contributed by atoms with Crippen molar-refractivity contribution in [2.24, 2.45) is 0 Å². The third-order valence-electron chi connectivity index (χ3n) is 1.52. The lowest BCUT2D eigenvalue weighted by molar-refractivity contribution is 1.09. The number of rotatable bonds is 1. The number of para-hydroxylation sites is 2. The third kappa shape index (κ3) is 1.17. The van der Waals surface area contributed by atoms with Crippen molar-refractivity contribution in [3.8, 4) is 11.7 Å². The van der Waals surface area contributed by atoms with Gasteiger partial charge in [0.25, 0.3) is 0 Å². The van der Waals surface area contributed by atoms with Gasteiger partial charge in [0.2, 0.25) is 0 Å². The summed E-state index contributed by atoms with van der Waals surface area (Å²) in [6, 6.07) is 7.84. The van der Waals surface area contributed by atoms with Gasteiger partial charge in [0.1, 0.15) is 0 Å².